The average Bonchev–Trinajstić information content (AvgIpc) is 3.00. The third-order valence-electron chi connectivity index (χ3n) is 8.70. The normalized spacial score (nSPS) is 49.7. The van der Waals surface area contributed by atoms with Crippen LogP contribution in [0, 0.1) is 34.0 Å². The Hall–Kier alpha value is -1.20. The van der Waals surface area contributed by atoms with Crippen LogP contribution in [0.4, 0.5) is 0 Å². The van der Waals surface area contributed by atoms with Crippen molar-refractivity contribution in [2.24, 2.45) is 34.0 Å². The molecule has 3 aliphatic carbocycles. The maximum absolute atomic E-state index is 13.1. The van der Waals surface area contributed by atoms with Gasteiger partial charge in [-0.15, -0.1) is 6.58 Å². The smallest absolute Gasteiger partial charge is 0.332 e. The van der Waals surface area contributed by atoms with E-state index in [9.17, 15) is 19.8 Å². The Bertz CT molecular complexity index is 645. The van der Waals surface area contributed by atoms with Crippen molar-refractivity contribution in [1.82, 2.24) is 0 Å². The molecular formula is C22H34O5. The highest BCUT2D eigenvalue weighted by atomic mass is 16.6. The number of esters is 1. The zero-order valence-electron chi connectivity index (χ0n) is 17.0. The van der Waals surface area contributed by atoms with E-state index in [1.807, 2.05) is 6.92 Å². The first-order valence-electron chi connectivity index (χ1n) is 10.2. The number of carbonyl (C=O) groups is 2. The first-order valence-corrected chi connectivity index (χ1v) is 10.2. The molecule has 0 saturated heterocycles. The van der Waals surface area contributed by atoms with Gasteiger partial charge < -0.3 is 14.9 Å². The molecular weight excluding hydrogens is 344 g/mol. The Balaban J connectivity index is 2.21. The van der Waals surface area contributed by atoms with Crippen LogP contribution in [0.15, 0.2) is 12.7 Å². The van der Waals surface area contributed by atoms with Crippen LogP contribution in [-0.4, -0.2) is 40.8 Å². The average molecular weight is 379 g/mol. The highest BCUT2D eigenvalue weighted by molar-refractivity contribution is 5.85. The van der Waals surface area contributed by atoms with Crippen molar-refractivity contribution in [2.45, 2.75) is 72.0 Å². The molecule has 0 aromatic heterocycles. The van der Waals surface area contributed by atoms with Crippen LogP contribution >= 0.6 is 0 Å². The van der Waals surface area contributed by atoms with Crippen molar-refractivity contribution in [2.75, 3.05) is 6.61 Å². The monoisotopic (exact) mass is 378 g/mol. The van der Waals surface area contributed by atoms with Gasteiger partial charge in [-0.1, -0.05) is 33.8 Å². The van der Waals surface area contributed by atoms with Gasteiger partial charge in [-0.05, 0) is 42.9 Å². The molecule has 3 saturated carbocycles. The highest BCUT2D eigenvalue weighted by Crippen LogP contribution is 2.67. The van der Waals surface area contributed by atoms with Gasteiger partial charge in [0.1, 0.15) is 18.5 Å². The zero-order valence-corrected chi connectivity index (χ0v) is 17.0. The number of hydrogen-bond acceptors (Lipinski definition) is 5. The van der Waals surface area contributed by atoms with E-state index in [1.165, 1.54) is 0 Å². The Morgan fingerprint density at radius 1 is 1.33 bits per heavy atom. The van der Waals surface area contributed by atoms with Crippen molar-refractivity contribution in [3.8, 4) is 0 Å². The molecule has 0 aliphatic heterocycles. The number of carbonyl (C=O) groups excluding carboxylic acids is 2. The molecule has 3 aliphatic rings. The molecule has 0 heterocycles. The Morgan fingerprint density at radius 2 is 2.00 bits per heavy atom. The SMILES string of the molecule is C=C[C@]1(C)C[C@H](OC(=O)CO)[C@@]2(C)[C@H](C)CC[C@@]3(CCC(=O)[C@@H]32)[C@H](C)[C@H]1O. The Labute approximate surface area is 162 Å². The maximum Gasteiger partial charge on any atom is 0.332 e. The summed E-state index contributed by atoms with van der Waals surface area (Å²) in [5.74, 6) is -0.520. The van der Waals surface area contributed by atoms with Crippen molar-refractivity contribution in [3.63, 3.8) is 0 Å². The molecule has 0 aromatic carbocycles. The van der Waals surface area contributed by atoms with Gasteiger partial charge in [-0.2, -0.15) is 0 Å². The molecule has 0 amide bonds. The summed E-state index contributed by atoms with van der Waals surface area (Å²) in [6, 6.07) is 0. The minimum Gasteiger partial charge on any atom is -0.460 e. The first kappa shape index (κ1) is 20.5. The third-order valence-corrected chi connectivity index (χ3v) is 8.70. The van der Waals surface area contributed by atoms with E-state index < -0.39 is 35.6 Å². The second-order valence-corrected chi connectivity index (χ2v) is 9.72. The fraction of sp³-hybridized carbons (Fsp3) is 0.818. The summed E-state index contributed by atoms with van der Waals surface area (Å²) in [5.41, 5.74) is -1.43. The fourth-order valence-corrected chi connectivity index (χ4v) is 6.70. The molecule has 0 aromatic rings. The number of hydrogen-bond donors (Lipinski definition) is 2. The van der Waals surface area contributed by atoms with Gasteiger partial charge in [-0.25, -0.2) is 4.79 Å². The Morgan fingerprint density at radius 3 is 2.59 bits per heavy atom. The van der Waals surface area contributed by atoms with E-state index in [0.717, 1.165) is 19.3 Å². The van der Waals surface area contributed by atoms with Crippen molar-refractivity contribution in [1.29, 1.82) is 0 Å². The predicted octanol–water partition coefficient (Wildman–Crippen LogP) is 2.89. The second kappa shape index (κ2) is 6.70. The molecule has 27 heavy (non-hydrogen) atoms. The highest BCUT2D eigenvalue weighted by Gasteiger charge is 2.68. The standard InChI is InChI=1S/C22H34O5/c1-6-20(4)11-16(27-17(25)12-23)21(5)13(2)7-9-22(14(3)19(20)26)10-8-15(24)18(21)22/h6,13-14,16,18-19,23,26H,1,7-12H2,2-5H3/t13-,14-,16+,18-,19-,20-,21-,22-/m1/s1. The number of aliphatic hydroxyl groups is 2. The number of rotatable bonds is 3. The summed E-state index contributed by atoms with van der Waals surface area (Å²) in [4.78, 5) is 25.2. The van der Waals surface area contributed by atoms with Gasteiger partial charge in [-0.3, -0.25) is 4.79 Å². The molecule has 0 spiro atoms. The van der Waals surface area contributed by atoms with Gasteiger partial charge in [0.05, 0.1) is 6.10 Å². The van der Waals surface area contributed by atoms with Gasteiger partial charge in [0.25, 0.3) is 0 Å². The molecule has 5 heteroatoms. The second-order valence-electron chi connectivity index (χ2n) is 9.72. The predicted molar refractivity (Wildman–Crippen MR) is 102 cm³/mol. The lowest BCUT2D eigenvalue weighted by Crippen LogP contribution is -2.63. The van der Waals surface area contributed by atoms with Crippen molar-refractivity contribution >= 4 is 11.8 Å². The summed E-state index contributed by atoms with van der Waals surface area (Å²) < 4.78 is 5.77. The zero-order chi connectivity index (χ0) is 20.2. The molecule has 0 radical (unpaired) electrons. The van der Waals surface area contributed by atoms with E-state index in [1.54, 1.807) is 6.08 Å². The van der Waals surface area contributed by atoms with Crippen LogP contribution in [-0.2, 0) is 14.3 Å². The summed E-state index contributed by atoms with van der Waals surface area (Å²) in [5, 5.41) is 20.6. The molecule has 3 fully saturated rings. The lowest BCUT2D eigenvalue weighted by Gasteiger charge is -2.61. The van der Waals surface area contributed by atoms with E-state index in [4.69, 9.17) is 4.74 Å². The minimum absolute atomic E-state index is 0.0433. The van der Waals surface area contributed by atoms with E-state index in [0.29, 0.717) is 12.8 Å². The van der Waals surface area contributed by atoms with E-state index in [-0.39, 0.29) is 29.0 Å². The largest absolute Gasteiger partial charge is 0.460 e. The van der Waals surface area contributed by atoms with Gasteiger partial charge in [0, 0.05) is 23.2 Å². The number of ether oxygens (including phenoxy) is 1. The summed E-state index contributed by atoms with van der Waals surface area (Å²) in [7, 11) is 0. The number of ketones is 1. The lowest BCUT2D eigenvalue weighted by molar-refractivity contribution is -0.207. The molecule has 2 bridgehead atoms. The molecule has 0 unspecified atom stereocenters. The van der Waals surface area contributed by atoms with E-state index >= 15 is 0 Å². The van der Waals surface area contributed by atoms with Gasteiger partial charge in [0.2, 0.25) is 0 Å². The first-order chi connectivity index (χ1) is 12.6. The van der Waals surface area contributed by atoms with Gasteiger partial charge >= 0.3 is 5.97 Å². The summed E-state index contributed by atoms with van der Waals surface area (Å²) >= 11 is 0. The van der Waals surface area contributed by atoms with Crippen LogP contribution in [0.25, 0.3) is 0 Å². The van der Waals surface area contributed by atoms with Crippen molar-refractivity contribution < 1.29 is 24.5 Å². The van der Waals surface area contributed by atoms with Crippen LogP contribution in [0.5, 0.6) is 0 Å². The summed E-state index contributed by atoms with van der Waals surface area (Å²) in [6.45, 7) is 11.5. The number of Topliss-reactive ketones (excluding diaryl/α,β-unsaturated/α-hetero) is 1. The Kier molecular flexibility index (Phi) is 5.09. The molecule has 3 rings (SSSR count). The molecule has 2 N–H and O–H groups in total. The van der Waals surface area contributed by atoms with E-state index in [2.05, 4.69) is 27.4 Å². The van der Waals surface area contributed by atoms with Gasteiger partial charge in [0.15, 0.2) is 0 Å². The topological polar surface area (TPSA) is 83.8 Å². The molecule has 8 atom stereocenters. The van der Waals surface area contributed by atoms with Crippen LogP contribution < -0.4 is 0 Å². The number of aliphatic hydroxyl groups excluding tert-OH is 2. The minimum atomic E-state index is -0.686. The maximum atomic E-state index is 13.1. The molecule has 5 nitrogen and oxygen atoms in total. The van der Waals surface area contributed by atoms with Crippen LogP contribution in [0.3, 0.4) is 0 Å². The third kappa shape index (κ3) is 2.72. The van der Waals surface area contributed by atoms with Crippen molar-refractivity contribution in [3.05, 3.63) is 12.7 Å². The molecule has 152 valence electrons. The lowest BCUT2D eigenvalue weighted by atomic mass is 9.44. The van der Waals surface area contributed by atoms with Crippen LogP contribution in [0.2, 0.25) is 0 Å². The van der Waals surface area contributed by atoms with Crippen LogP contribution in [0.1, 0.15) is 59.8 Å². The summed E-state index contributed by atoms with van der Waals surface area (Å²) in [6.07, 6.45) is 4.10. The fourth-order valence-electron chi connectivity index (χ4n) is 6.70. The quantitative estimate of drug-likeness (QED) is 0.583.